The molecule has 0 unspecified atom stereocenters. The number of hydrogen-bond acceptors (Lipinski definition) is 2. The molecule has 0 saturated carbocycles. The minimum atomic E-state index is -0.679. The van der Waals surface area contributed by atoms with Crippen molar-refractivity contribution in [1.29, 1.82) is 0 Å². The zero-order valence-corrected chi connectivity index (χ0v) is 32.9. The molecule has 5 nitrogen and oxygen atoms in total. The predicted molar refractivity (Wildman–Crippen MR) is 250 cm³/mol. The summed E-state index contributed by atoms with van der Waals surface area (Å²) < 4.78 is 7.41. The summed E-state index contributed by atoms with van der Waals surface area (Å²) in [6, 6.07) is 77.7. The smallest absolute Gasteiger partial charge is 0.217 e. The van der Waals surface area contributed by atoms with Crippen LogP contribution in [0.4, 0.5) is 17.3 Å². The van der Waals surface area contributed by atoms with E-state index in [4.69, 9.17) is 4.98 Å². The molecule has 9 aromatic carbocycles. The SMILES string of the molecule is c1ccc(N2c3cc(-n4c5ccccc5c5cc6c7ccccc7n(-c7ccccc7)c6cc54)ccc3C3(c4ccccc4-c4ccccc43)n3c2nc2ccccc23)cc1. The van der Waals surface area contributed by atoms with Crippen LogP contribution in [0.3, 0.4) is 0 Å². The topological polar surface area (TPSA) is 30.9 Å². The van der Waals surface area contributed by atoms with Crippen molar-refractivity contribution >= 4 is 72.0 Å². The van der Waals surface area contributed by atoms with E-state index >= 15 is 0 Å². The van der Waals surface area contributed by atoms with Gasteiger partial charge < -0.3 is 9.13 Å². The molecule has 0 saturated heterocycles. The van der Waals surface area contributed by atoms with Gasteiger partial charge in [-0.25, -0.2) is 4.98 Å². The fourth-order valence-corrected chi connectivity index (χ4v) is 11.0. The third-order valence-corrected chi connectivity index (χ3v) is 13.4. The Morgan fingerprint density at radius 1 is 0.344 bits per heavy atom. The van der Waals surface area contributed by atoms with Gasteiger partial charge in [-0.2, -0.15) is 0 Å². The molecule has 0 N–H and O–H groups in total. The number of imidazole rings is 1. The summed E-state index contributed by atoms with van der Waals surface area (Å²) in [7, 11) is 0. The Bertz CT molecular complexity index is 3730. The Hall–Kier alpha value is -8.15. The second-order valence-electron chi connectivity index (χ2n) is 16.3. The number of fused-ring (bicyclic) bond motifs is 17. The van der Waals surface area contributed by atoms with Crippen LogP contribution < -0.4 is 4.90 Å². The van der Waals surface area contributed by atoms with Gasteiger partial charge in [0.2, 0.25) is 5.95 Å². The first-order chi connectivity index (χ1) is 30.3. The molecule has 14 rings (SSSR count). The van der Waals surface area contributed by atoms with E-state index in [0.29, 0.717) is 0 Å². The van der Waals surface area contributed by atoms with Gasteiger partial charge in [0.15, 0.2) is 0 Å². The number of hydrogen-bond donors (Lipinski definition) is 0. The highest BCUT2D eigenvalue weighted by Gasteiger charge is 2.53. The molecular weight excluding hydrogens is 743 g/mol. The van der Waals surface area contributed by atoms with Crippen LogP contribution in [-0.4, -0.2) is 18.7 Å². The van der Waals surface area contributed by atoms with Crippen molar-refractivity contribution in [3.05, 3.63) is 229 Å². The van der Waals surface area contributed by atoms with E-state index in [9.17, 15) is 0 Å². The normalized spacial score (nSPS) is 13.7. The van der Waals surface area contributed by atoms with Crippen LogP contribution in [0, 0.1) is 0 Å². The van der Waals surface area contributed by atoms with Gasteiger partial charge in [-0.3, -0.25) is 9.47 Å². The molecule has 0 fully saturated rings. The van der Waals surface area contributed by atoms with Crippen LogP contribution in [0.1, 0.15) is 16.7 Å². The summed E-state index contributed by atoms with van der Waals surface area (Å²) in [6.07, 6.45) is 0. The summed E-state index contributed by atoms with van der Waals surface area (Å²) in [4.78, 5) is 7.92. The van der Waals surface area contributed by atoms with Crippen molar-refractivity contribution in [1.82, 2.24) is 18.7 Å². The molecule has 12 aromatic rings. The molecule has 61 heavy (non-hydrogen) atoms. The highest BCUT2D eigenvalue weighted by atomic mass is 15.4. The van der Waals surface area contributed by atoms with Gasteiger partial charge in [0, 0.05) is 44.2 Å². The Morgan fingerprint density at radius 3 is 1.52 bits per heavy atom. The van der Waals surface area contributed by atoms with Crippen LogP contribution >= 0.6 is 0 Å². The molecule has 284 valence electrons. The first-order valence-corrected chi connectivity index (χ1v) is 21.0. The van der Waals surface area contributed by atoms with E-state index in [2.05, 4.69) is 231 Å². The minimum Gasteiger partial charge on any atom is -0.309 e. The van der Waals surface area contributed by atoms with Gasteiger partial charge in [0.25, 0.3) is 0 Å². The maximum absolute atomic E-state index is 5.54. The molecule has 3 aromatic heterocycles. The van der Waals surface area contributed by atoms with Crippen molar-refractivity contribution in [2.75, 3.05) is 4.90 Å². The van der Waals surface area contributed by atoms with E-state index in [0.717, 1.165) is 45.2 Å². The third-order valence-electron chi connectivity index (χ3n) is 13.4. The van der Waals surface area contributed by atoms with Gasteiger partial charge in [-0.1, -0.05) is 140 Å². The van der Waals surface area contributed by atoms with Crippen molar-refractivity contribution in [2.45, 2.75) is 5.54 Å². The van der Waals surface area contributed by atoms with Crippen LogP contribution in [0.5, 0.6) is 0 Å². The second kappa shape index (κ2) is 12.0. The van der Waals surface area contributed by atoms with Gasteiger partial charge in [0.1, 0.15) is 5.54 Å². The lowest BCUT2D eigenvalue weighted by Crippen LogP contribution is -2.42. The number of rotatable bonds is 3. The lowest BCUT2D eigenvalue weighted by Gasteiger charge is -2.44. The molecule has 1 aliphatic heterocycles. The number of benzene rings is 9. The summed E-state index contributed by atoms with van der Waals surface area (Å²) in [5, 5.41) is 4.95. The summed E-state index contributed by atoms with van der Waals surface area (Å²) in [6.45, 7) is 0. The summed E-state index contributed by atoms with van der Waals surface area (Å²) in [5.74, 6) is 0.889. The lowest BCUT2D eigenvalue weighted by molar-refractivity contribution is 0.533. The zero-order valence-electron chi connectivity index (χ0n) is 32.9. The minimum absolute atomic E-state index is 0.679. The lowest BCUT2D eigenvalue weighted by atomic mass is 9.77. The largest absolute Gasteiger partial charge is 0.309 e. The van der Waals surface area contributed by atoms with Crippen LogP contribution in [-0.2, 0) is 5.54 Å². The van der Waals surface area contributed by atoms with Gasteiger partial charge in [-0.05, 0) is 95.1 Å². The fourth-order valence-electron chi connectivity index (χ4n) is 11.0. The molecule has 0 amide bonds. The molecule has 2 aliphatic rings. The first kappa shape index (κ1) is 32.8. The third kappa shape index (κ3) is 4.17. The van der Waals surface area contributed by atoms with Crippen LogP contribution in [0.15, 0.2) is 212 Å². The van der Waals surface area contributed by atoms with Crippen molar-refractivity contribution in [2.24, 2.45) is 0 Å². The highest BCUT2D eigenvalue weighted by molar-refractivity contribution is 6.19. The van der Waals surface area contributed by atoms with Gasteiger partial charge in [-0.15, -0.1) is 0 Å². The molecule has 4 heterocycles. The molecule has 0 atom stereocenters. The van der Waals surface area contributed by atoms with Crippen LogP contribution in [0.2, 0.25) is 0 Å². The maximum atomic E-state index is 5.54. The quantitative estimate of drug-likeness (QED) is 0.179. The Balaban J connectivity index is 1.12. The van der Waals surface area contributed by atoms with E-state index in [1.165, 1.54) is 65.9 Å². The van der Waals surface area contributed by atoms with Gasteiger partial charge in [0.05, 0.1) is 38.8 Å². The molecule has 0 bridgehead atoms. The van der Waals surface area contributed by atoms with E-state index in [1.807, 2.05) is 0 Å². The number of nitrogens with zero attached hydrogens (tertiary/aromatic N) is 5. The zero-order chi connectivity index (χ0) is 39.8. The monoisotopic (exact) mass is 777 g/mol. The Morgan fingerprint density at radius 2 is 0.869 bits per heavy atom. The highest BCUT2D eigenvalue weighted by Crippen LogP contribution is 2.61. The van der Waals surface area contributed by atoms with E-state index in [1.54, 1.807) is 0 Å². The predicted octanol–water partition coefficient (Wildman–Crippen LogP) is 13.8. The molecule has 0 radical (unpaired) electrons. The average molecular weight is 778 g/mol. The standard InChI is InChI=1S/C56H35N5/c1-3-17-36(18-4-1)58-49-28-14-9-23-41(49)43-34-44-42-24-10-15-29-50(42)59(53(44)35-52(43)58)38-31-32-47-54(33-38)60(37-19-5-2-6-20-37)55-57-48-27-13-16-30-51(48)61(55)56(47)45-25-11-7-21-39(45)40-22-8-12-26-46(40)56/h1-35H. The van der Waals surface area contributed by atoms with E-state index < -0.39 is 5.54 Å². The number of aromatic nitrogens is 4. The molecule has 5 heteroatoms. The number of para-hydroxylation sites is 6. The van der Waals surface area contributed by atoms with Crippen LogP contribution in [0.25, 0.3) is 77.1 Å². The Labute approximate surface area is 351 Å². The van der Waals surface area contributed by atoms with Gasteiger partial charge >= 0.3 is 0 Å². The first-order valence-electron chi connectivity index (χ1n) is 21.0. The Kier molecular flexibility index (Phi) is 6.43. The number of anilines is 3. The molecule has 1 aliphatic carbocycles. The van der Waals surface area contributed by atoms with Crippen molar-refractivity contribution < 1.29 is 0 Å². The second-order valence-corrected chi connectivity index (χ2v) is 16.3. The van der Waals surface area contributed by atoms with Crippen molar-refractivity contribution in [3.63, 3.8) is 0 Å². The molecule has 1 spiro atoms. The maximum Gasteiger partial charge on any atom is 0.217 e. The summed E-state index contributed by atoms with van der Waals surface area (Å²) in [5.41, 5.74) is 16.7. The fraction of sp³-hybridized carbons (Fsp3) is 0.0179. The average Bonchev–Trinajstić information content (AvgIpc) is 4.05. The summed E-state index contributed by atoms with van der Waals surface area (Å²) >= 11 is 0. The van der Waals surface area contributed by atoms with Crippen molar-refractivity contribution in [3.8, 4) is 22.5 Å². The van der Waals surface area contributed by atoms with E-state index in [-0.39, 0.29) is 0 Å². The molecular formula is C56H35N5.